The number of ether oxygens (including phenoxy) is 1. The zero-order valence-electron chi connectivity index (χ0n) is 21.7. The summed E-state index contributed by atoms with van der Waals surface area (Å²) in [6.07, 6.45) is 10.5. The first-order valence-electron chi connectivity index (χ1n) is 12.8. The summed E-state index contributed by atoms with van der Waals surface area (Å²) < 4.78 is 7.77. The first-order chi connectivity index (χ1) is 17.4. The molecule has 1 aliphatic heterocycles. The molecule has 0 aliphatic carbocycles. The van der Waals surface area contributed by atoms with Gasteiger partial charge in [0.1, 0.15) is 0 Å². The molecule has 1 atom stereocenters. The van der Waals surface area contributed by atoms with Crippen molar-refractivity contribution in [1.82, 2.24) is 30.0 Å². The van der Waals surface area contributed by atoms with Crippen LogP contribution < -0.4 is 10.6 Å². The molecule has 2 N–H and O–H groups in total. The molecular weight excluding hydrogens is 454 g/mol. The molecule has 3 aromatic rings. The lowest BCUT2D eigenvalue weighted by atomic mass is 10.0. The molecular formula is C27H37N7O2. The predicted octanol–water partition coefficient (Wildman–Crippen LogP) is 4.81. The number of anilines is 2. The minimum absolute atomic E-state index is 0.0427. The van der Waals surface area contributed by atoms with Crippen LogP contribution in [0.2, 0.25) is 0 Å². The summed E-state index contributed by atoms with van der Waals surface area (Å²) in [6, 6.07) is 8.00. The van der Waals surface area contributed by atoms with Crippen LogP contribution >= 0.6 is 0 Å². The monoisotopic (exact) mass is 491 g/mol. The molecule has 0 bridgehead atoms. The van der Waals surface area contributed by atoms with E-state index in [2.05, 4.69) is 52.5 Å². The molecule has 1 saturated heterocycles. The van der Waals surface area contributed by atoms with E-state index in [9.17, 15) is 4.79 Å². The number of rotatable bonds is 11. The van der Waals surface area contributed by atoms with E-state index in [4.69, 9.17) is 4.74 Å². The van der Waals surface area contributed by atoms with Crippen molar-refractivity contribution in [2.75, 3.05) is 18.4 Å². The lowest BCUT2D eigenvalue weighted by Crippen LogP contribution is -2.58. The Morgan fingerprint density at radius 3 is 2.81 bits per heavy atom. The van der Waals surface area contributed by atoms with Gasteiger partial charge in [-0.3, -0.25) is 4.68 Å². The lowest BCUT2D eigenvalue weighted by Gasteiger charge is -2.40. The van der Waals surface area contributed by atoms with E-state index in [0.29, 0.717) is 25.6 Å². The Morgan fingerprint density at radius 1 is 1.25 bits per heavy atom. The normalized spacial score (nSPS) is 14.4. The Balaban J connectivity index is 1.26. The van der Waals surface area contributed by atoms with Crippen molar-refractivity contribution in [2.24, 2.45) is 7.05 Å². The van der Waals surface area contributed by atoms with E-state index in [1.807, 2.05) is 36.3 Å². The lowest BCUT2D eigenvalue weighted by molar-refractivity contribution is -0.0733. The number of carbonyl (C=O) groups excluding carboxylic acids is 1. The van der Waals surface area contributed by atoms with Gasteiger partial charge in [-0.1, -0.05) is 38.3 Å². The summed E-state index contributed by atoms with van der Waals surface area (Å²) in [7, 11) is 1.86. The topological polar surface area (TPSA) is 97.2 Å². The van der Waals surface area contributed by atoms with Crippen molar-refractivity contribution in [1.29, 1.82) is 0 Å². The molecule has 4 rings (SSSR count). The minimum Gasteiger partial charge on any atom is -0.372 e. The van der Waals surface area contributed by atoms with Gasteiger partial charge in [-0.2, -0.15) is 5.10 Å². The quantitative estimate of drug-likeness (QED) is 0.374. The van der Waals surface area contributed by atoms with Crippen LogP contribution in [0.3, 0.4) is 0 Å². The van der Waals surface area contributed by atoms with Crippen molar-refractivity contribution in [3.8, 4) is 11.3 Å². The Labute approximate surface area is 213 Å². The Hall–Kier alpha value is -3.46. The summed E-state index contributed by atoms with van der Waals surface area (Å²) in [5.41, 5.74) is 4.82. The standard InChI is InChI=1S/C27H37N7O2/c1-5-6-7-8-20(3)36-24-17-34(18-24)27(35)29-14-22-10-9-21(13-19(22)2)25-11-12-28-26(32-25)31-23-15-30-33(4)16-23/h9-13,15-16,20,24H,5-8,14,17-18H2,1-4H3,(H,29,35)(H,28,31,32). The van der Waals surface area contributed by atoms with Crippen LogP contribution in [-0.4, -0.2) is 56.0 Å². The number of urea groups is 1. The van der Waals surface area contributed by atoms with Gasteiger partial charge in [-0.05, 0) is 43.5 Å². The van der Waals surface area contributed by atoms with Crippen molar-refractivity contribution in [3.63, 3.8) is 0 Å². The summed E-state index contributed by atoms with van der Waals surface area (Å²) in [6.45, 7) is 8.19. The van der Waals surface area contributed by atoms with E-state index in [0.717, 1.165) is 34.5 Å². The Morgan fingerprint density at radius 2 is 2.08 bits per heavy atom. The highest BCUT2D eigenvalue weighted by Crippen LogP contribution is 2.23. The fourth-order valence-electron chi connectivity index (χ4n) is 4.30. The van der Waals surface area contributed by atoms with Gasteiger partial charge in [0.25, 0.3) is 0 Å². The largest absolute Gasteiger partial charge is 0.372 e. The van der Waals surface area contributed by atoms with Gasteiger partial charge in [0, 0.05) is 31.5 Å². The molecule has 2 amide bonds. The Bertz CT molecular complexity index is 1160. The molecule has 9 nitrogen and oxygen atoms in total. The van der Waals surface area contributed by atoms with E-state index < -0.39 is 0 Å². The number of unbranched alkanes of at least 4 members (excludes halogenated alkanes) is 2. The molecule has 36 heavy (non-hydrogen) atoms. The molecule has 2 aromatic heterocycles. The molecule has 9 heteroatoms. The number of aryl methyl sites for hydroxylation is 2. The van der Waals surface area contributed by atoms with Gasteiger partial charge in [0.05, 0.1) is 42.9 Å². The highest BCUT2D eigenvalue weighted by Gasteiger charge is 2.32. The van der Waals surface area contributed by atoms with E-state index in [1.54, 1.807) is 17.1 Å². The smallest absolute Gasteiger partial charge is 0.317 e. The maximum absolute atomic E-state index is 12.6. The molecule has 3 heterocycles. The third-order valence-corrected chi connectivity index (χ3v) is 6.46. The van der Waals surface area contributed by atoms with Gasteiger partial charge in [0.2, 0.25) is 5.95 Å². The second-order valence-electron chi connectivity index (χ2n) is 9.56. The minimum atomic E-state index is -0.0427. The molecule has 0 saturated carbocycles. The molecule has 192 valence electrons. The van der Waals surface area contributed by atoms with E-state index in [1.165, 1.54) is 19.3 Å². The van der Waals surface area contributed by atoms with Crippen molar-refractivity contribution in [2.45, 2.75) is 65.2 Å². The summed E-state index contributed by atoms with van der Waals surface area (Å²) >= 11 is 0. The van der Waals surface area contributed by atoms with Crippen LogP contribution in [-0.2, 0) is 18.3 Å². The second kappa shape index (κ2) is 12.0. The third kappa shape index (κ3) is 6.81. The summed E-state index contributed by atoms with van der Waals surface area (Å²) in [5.74, 6) is 0.515. The van der Waals surface area contributed by atoms with Gasteiger partial charge in [0.15, 0.2) is 0 Å². The third-order valence-electron chi connectivity index (χ3n) is 6.46. The highest BCUT2D eigenvalue weighted by atomic mass is 16.5. The fourth-order valence-corrected chi connectivity index (χ4v) is 4.30. The average Bonchev–Trinajstić information content (AvgIpc) is 3.24. The van der Waals surface area contributed by atoms with Gasteiger partial charge in [-0.25, -0.2) is 14.8 Å². The molecule has 1 unspecified atom stereocenters. The number of nitrogens with one attached hydrogen (secondary N) is 2. The number of likely N-dealkylation sites (tertiary alicyclic amines) is 1. The second-order valence-corrected chi connectivity index (χ2v) is 9.56. The van der Waals surface area contributed by atoms with Gasteiger partial charge in [-0.15, -0.1) is 0 Å². The van der Waals surface area contributed by atoms with Gasteiger partial charge >= 0.3 is 6.03 Å². The fraction of sp³-hybridized carbons (Fsp3) is 0.481. The number of amides is 2. The van der Waals surface area contributed by atoms with Crippen LogP contribution in [0.25, 0.3) is 11.3 Å². The average molecular weight is 492 g/mol. The number of aromatic nitrogens is 4. The number of hydrogen-bond acceptors (Lipinski definition) is 6. The first-order valence-corrected chi connectivity index (χ1v) is 12.8. The molecule has 0 radical (unpaired) electrons. The number of benzene rings is 1. The van der Waals surface area contributed by atoms with Crippen LogP contribution in [0.4, 0.5) is 16.4 Å². The zero-order valence-corrected chi connectivity index (χ0v) is 21.7. The van der Waals surface area contributed by atoms with Crippen molar-refractivity contribution >= 4 is 17.7 Å². The van der Waals surface area contributed by atoms with Crippen molar-refractivity contribution < 1.29 is 9.53 Å². The van der Waals surface area contributed by atoms with E-state index in [-0.39, 0.29) is 18.2 Å². The molecule has 0 spiro atoms. The zero-order chi connectivity index (χ0) is 25.5. The maximum Gasteiger partial charge on any atom is 0.317 e. The van der Waals surface area contributed by atoms with Crippen molar-refractivity contribution in [3.05, 3.63) is 54.0 Å². The Kier molecular flexibility index (Phi) is 8.53. The molecule has 1 aliphatic rings. The predicted molar refractivity (Wildman–Crippen MR) is 141 cm³/mol. The van der Waals surface area contributed by atoms with E-state index >= 15 is 0 Å². The maximum atomic E-state index is 12.6. The molecule has 1 aromatic carbocycles. The molecule has 1 fully saturated rings. The van der Waals surface area contributed by atoms with Crippen LogP contribution in [0, 0.1) is 6.92 Å². The van der Waals surface area contributed by atoms with Crippen LogP contribution in [0.5, 0.6) is 0 Å². The van der Waals surface area contributed by atoms with Crippen LogP contribution in [0.1, 0.15) is 50.7 Å². The van der Waals surface area contributed by atoms with Gasteiger partial charge < -0.3 is 20.3 Å². The summed E-state index contributed by atoms with van der Waals surface area (Å²) in [5, 5.41) is 10.4. The number of nitrogens with zero attached hydrogens (tertiary/aromatic N) is 5. The number of hydrogen-bond donors (Lipinski definition) is 2. The highest BCUT2D eigenvalue weighted by molar-refractivity contribution is 5.75. The number of carbonyl (C=O) groups is 1. The summed E-state index contributed by atoms with van der Waals surface area (Å²) in [4.78, 5) is 23.3. The SMILES string of the molecule is CCCCCC(C)OC1CN(C(=O)NCc2ccc(-c3ccnc(Nc4cnn(C)c4)n3)cc2C)C1. The van der Waals surface area contributed by atoms with Crippen LogP contribution in [0.15, 0.2) is 42.9 Å². The first kappa shape index (κ1) is 25.6.